The predicted octanol–water partition coefficient (Wildman–Crippen LogP) is 1.09. The number of ether oxygens (including phenoxy) is 1. The Bertz CT molecular complexity index is 789. The number of rotatable bonds is 5. The van der Waals surface area contributed by atoms with E-state index in [0.29, 0.717) is 4.47 Å². The van der Waals surface area contributed by atoms with Crippen molar-refractivity contribution < 1.29 is 19.1 Å². The SMILES string of the molecule is COc1c(/C=N\NC(=O)c2nonc2N)cc(Br)cc1[N+](=O)[O-]. The van der Waals surface area contributed by atoms with Gasteiger partial charge >= 0.3 is 5.69 Å². The number of aromatic nitrogens is 2. The molecule has 0 aliphatic rings. The van der Waals surface area contributed by atoms with E-state index in [0.717, 1.165) is 0 Å². The lowest BCUT2D eigenvalue weighted by molar-refractivity contribution is -0.385. The Morgan fingerprint density at radius 1 is 1.57 bits per heavy atom. The number of hydrogen-bond acceptors (Lipinski definition) is 9. The molecule has 0 radical (unpaired) electrons. The van der Waals surface area contributed by atoms with Gasteiger partial charge in [0.15, 0.2) is 0 Å². The Labute approximate surface area is 136 Å². The number of nitro groups is 1. The summed E-state index contributed by atoms with van der Waals surface area (Å²) in [6.07, 6.45) is 1.18. The molecule has 1 amide bonds. The molecule has 0 aliphatic heterocycles. The highest BCUT2D eigenvalue weighted by atomic mass is 79.9. The van der Waals surface area contributed by atoms with Crippen LogP contribution >= 0.6 is 15.9 Å². The summed E-state index contributed by atoms with van der Waals surface area (Å²) < 4.78 is 9.75. The average Bonchev–Trinajstić information content (AvgIpc) is 2.92. The van der Waals surface area contributed by atoms with E-state index in [1.54, 1.807) is 0 Å². The summed E-state index contributed by atoms with van der Waals surface area (Å²) in [5.41, 5.74) is 7.30. The summed E-state index contributed by atoms with van der Waals surface area (Å²) in [6, 6.07) is 2.82. The molecule has 0 saturated carbocycles. The van der Waals surface area contributed by atoms with Gasteiger partial charge in [-0.2, -0.15) is 5.10 Å². The zero-order valence-electron chi connectivity index (χ0n) is 11.5. The maximum absolute atomic E-state index is 11.7. The molecular weight excluding hydrogens is 376 g/mol. The number of anilines is 1. The van der Waals surface area contributed by atoms with Gasteiger partial charge in [0.25, 0.3) is 5.91 Å². The molecule has 0 saturated heterocycles. The third-order valence-electron chi connectivity index (χ3n) is 2.56. The number of nitro benzene ring substituents is 1. The van der Waals surface area contributed by atoms with Gasteiger partial charge in [0.05, 0.1) is 18.2 Å². The Hall–Kier alpha value is -3.02. The van der Waals surface area contributed by atoms with Crippen LogP contribution in [0.5, 0.6) is 5.75 Å². The summed E-state index contributed by atoms with van der Waals surface area (Å²) in [5.74, 6) is -0.935. The second-order valence-electron chi connectivity index (χ2n) is 4.00. The molecule has 0 bridgehead atoms. The number of nitrogen functional groups attached to an aromatic ring is 1. The van der Waals surface area contributed by atoms with Crippen molar-refractivity contribution in [3.63, 3.8) is 0 Å². The first-order valence-electron chi connectivity index (χ1n) is 5.87. The third-order valence-corrected chi connectivity index (χ3v) is 3.02. The molecule has 12 heteroatoms. The van der Waals surface area contributed by atoms with E-state index >= 15 is 0 Å². The van der Waals surface area contributed by atoms with Crippen molar-refractivity contribution in [1.29, 1.82) is 0 Å². The Kier molecular flexibility index (Phi) is 4.85. The van der Waals surface area contributed by atoms with Crippen molar-refractivity contribution in [3.8, 4) is 5.75 Å². The smallest absolute Gasteiger partial charge is 0.312 e. The van der Waals surface area contributed by atoms with E-state index in [9.17, 15) is 14.9 Å². The lowest BCUT2D eigenvalue weighted by Gasteiger charge is -2.06. The molecule has 2 aromatic rings. The highest BCUT2D eigenvalue weighted by Gasteiger charge is 2.19. The Morgan fingerprint density at radius 3 is 2.87 bits per heavy atom. The molecule has 0 unspecified atom stereocenters. The molecule has 23 heavy (non-hydrogen) atoms. The number of benzene rings is 1. The van der Waals surface area contributed by atoms with E-state index in [2.05, 4.69) is 41.4 Å². The lowest BCUT2D eigenvalue weighted by Crippen LogP contribution is -2.19. The molecule has 0 spiro atoms. The van der Waals surface area contributed by atoms with Crippen molar-refractivity contribution in [1.82, 2.24) is 15.7 Å². The molecule has 0 aliphatic carbocycles. The first-order chi connectivity index (χ1) is 10.9. The van der Waals surface area contributed by atoms with Crippen molar-refractivity contribution in [2.75, 3.05) is 12.8 Å². The fraction of sp³-hybridized carbons (Fsp3) is 0.0909. The summed E-state index contributed by atoms with van der Waals surface area (Å²) in [5, 5.41) is 21.2. The first kappa shape index (κ1) is 16.4. The minimum Gasteiger partial charge on any atom is -0.490 e. The quantitative estimate of drug-likeness (QED) is 0.440. The summed E-state index contributed by atoms with van der Waals surface area (Å²) >= 11 is 3.15. The van der Waals surface area contributed by atoms with Crippen molar-refractivity contribution >= 4 is 39.6 Å². The number of methoxy groups -OCH3 is 1. The fourth-order valence-electron chi connectivity index (χ4n) is 1.62. The topological polar surface area (TPSA) is 159 Å². The van der Waals surface area contributed by atoms with Gasteiger partial charge < -0.3 is 10.5 Å². The lowest BCUT2D eigenvalue weighted by atomic mass is 10.2. The van der Waals surface area contributed by atoms with Crippen LogP contribution in [0, 0.1) is 10.1 Å². The monoisotopic (exact) mass is 384 g/mol. The van der Waals surface area contributed by atoms with Crippen LogP contribution in [-0.2, 0) is 0 Å². The highest BCUT2D eigenvalue weighted by molar-refractivity contribution is 9.10. The van der Waals surface area contributed by atoms with Crippen LogP contribution in [0.15, 0.2) is 26.3 Å². The van der Waals surface area contributed by atoms with Crippen LogP contribution in [0.1, 0.15) is 16.1 Å². The number of nitrogens with two attached hydrogens (primary N) is 1. The first-order valence-corrected chi connectivity index (χ1v) is 6.66. The molecule has 11 nitrogen and oxygen atoms in total. The van der Waals surface area contributed by atoms with Crippen molar-refractivity contribution in [3.05, 3.63) is 38.0 Å². The molecule has 120 valence electrons. The molecule has 0 fully saturated rings. The zero-order valence-corrected chi connectivity index (χ0v) is 13.1. The average molecular weight is 385 g/mol. The number of nitrogens with one attached hydrogen (secondary N) is 1. The summed E-state index contributed by atoms with van der Waals surface area (Å²) in [4.78, 5) is 22.1. The molecule has 2 rings (SSSR count). The van der Waals surface area contributed by atoms with Gasteiger partial charge in [-0.1, -0.05) is 15.9 Å². The van der Waals surface area contributed by atoms with Gasteiger partial charge in [0.1, 0.15) is 0 Å². The third kappa shape index (κ3) is 3.60. The van der Waals surface area contributed by atoms with Gasteiger partial charge in [-0.25, -0.2) is 10.1 Å². The largest absolute Gasteiger partial charge is 0.490 e. The molecule has 3 N–H and O–H groups in total. The number of hydrazone groups is 1. The van der Waals surface area contributed by atoms with Gasteiger partial charge in [0.2, 0.25) is 17.3 Å². The van der Waals surface area contributed by atoms with E-state index in [1.807, 2.05) is 0 Å². The molecular formula is C11H9BrN6O5. The standard InChI is InChI=1S/C11H9BrN6O5/c1-22-9-5(2-6(12)3-7(9)18(20)21)4-14-15-11(19)8-10(13)17-23-16-8/h2-4H,1H3,(H2,13,17)(H,15,19)/b14-4-. The number of halogens is 1. The second-order valence-corrected chi connectivity index (χ2v) is 4.92. The summed E-state index contributed by atoms with van der Waals surface area (Å²) in [7, 11) is 1.29. The number of nitrogens with zero attached hydrogens (tertiary/aromatic N) is 4. The number of carbonyl (C=O) groups excluding carboxylic acids is 1. The Balaban J connectivity index is 2.24. The van der Waals surface area contributed by atoms with Crippen LogP contribution in [0.2, 0.25) is 0 Å². The van der Waals surface area contributed by atoms with E-state index < -0.39 is 10.8 Å². The molecule has 1 aromatic heterocycles. The molecule has 0 atom stereocenters. The maximum atomic E-state index is 11.7. The van der Waals surface area contributed by atoms with Gasteiger partial charge in [0, 0.05) is 16.1 Å². The van der Waals surface area contributed by atoms with E-state index in [4.69, 9.17) is 10.5 Å². The minimum atomic E-state index is -0.747. The maximum Gasteiger partial charge on any atom is 0.312 e. The highest BCUT2D eigenvalue weighted by Crippen LogP contribution is 2.33. The van der Waals surface area contributed by atoms with Crippen LogP contribution in [0.25, 0.3) is 0 Å². The van der Waals surface area contributed by atoms with Crippen LogP contribution in [0.4, 0.5) is 11.5 Å². The van der Waals surface area contributed by atoms with Crippen LogP contribution < -0.4 is 15.9 Å². The minimum absolute atomic E-state index is 0.00110. The zero-order chi connectivity index (χ0) is 17.0. The van der Waals surface area contributed by atoms with Gasteiger partial charge in [-0.3, -0.25) is 14.9 Å². The summed E-state index contributed by atoms with van der Waals surface area (Å²) in [6.45, 7) is 0. The van der Waals surface area contributed by atoms with Crippen molar-refractivity contribution in [2.45, 2.75) is 0 Å². The molecule has 1 aromatic carbocycles. The van der Waals surface area contributed by atoms with Gasteiger partial charge in [-0.15, -0.1) is 0 Å². The predicted molar refractivity (Wildman–Crippen MR) is 81.1 cm³/mol. The number of amides is 1. The van der Waals surface area contributed by atoms with Crippen LogP contribution in [0.3, 0.4) is 0 Å². The number of hydrogen-bond donors (Lipinski definition) is 2. The Morgan fingerprint density at radius 2 is 2.30 bits per heavy atom. The van der Waals surface area contributed by atoms with E-state index in [1.165, 1.54) is 25.5 Å². The van der Waals surface area contributed by atoms with E-state index in [-0.39, 0.29) is 28.5 Å². The van der Waals surface area contributed by atoms with Crippen LogP contribution in [-0.4, -0.2) is 34.5 Å². The van der Waals surface area contributed by atoms with Crippen molar-refractivity contribution in [2.24, 2.45) is 5.10 Å². The fourth-order valence-corrected chi connectivity index (χ4v) is 2.08. The number of carbonyl (C=O) groups is 1. The second kappa shape index (κ2) is 6.83. The molecule has 1 heterocycles. The van der Waals surface area contributed by atoms with Gasteiger partial charge in [-0.05, 0) is 16.4 Å². The normalized spacial score (nSPS) is 10.7.